The molecule has 0 radical (unpaired) electrons. The number of rotatable bonds is 4. The molecule has 0 N–H and O–H groups in total. The molecular weight excluding hydrogens is 256 g/mol. The molecule has 1 aliphatic carbocycles. The van der Waals surface area contributed by atoms with E-state index >= 15 is 0 Å². The Hall–Kier alpha value is -1.89. The molecule has 21 heavy (non-hydrogen) atoms. The highest BCUT2D eigenvalue weighted by Crippen LogP contribution is 2.23. The fourth-order valence-corrected chi connectivity index (χ4v) is 3.42. The lowest BCUT2D eigenvalue weighted by Gasteiger charge is -2.06. The van der Waals surface area contributed by atoms with Crippen molar-refractivity contribution >= 4 is 5.78 Å². The zero-order chi connectivity index (χ0) is 14.8. The van der Waals surface area contributed by atoms with E-state index in [1.54, 1.807) is 0 Å². The van der Waals surface area contributed by atoms with Gasteiger partial charge in [0.05, 0.1) is 0 Å². The summed E-state index contributed by atoms with van der Waals surface area (Å²) >= 11 is 0. The number of Topliss-reactive ketones (excluding diaryl/α,β-unsaturated/α-hetero) is 1. The van der Waals surface area contributed by atoms with Gasteiger partial charge < -0.3 is 0 Å². The molecule has 1 nitrogen and oxygen atoms in total. The normalized spacial score (nSPS) is 13.2. The van der Waals surface area contributed by atoms with Crippen molar-refractivity contribution in [2.24, 2.45) is 0 Å². The van der Waals surface area contributed by atoms with Gasteiger partial charge in [-0.05, 0) is 55.4 Å². The second kappa shape index (κ2) is 5.85. The molecule has 2 aromatic rings. The van der Waals surface area contributed by atoms with Crippen LogP contribution >= 0.6 is 0 Å². The molecule has 0 saturated heterocycles. The Labute approximate surface area is 127 Å². The first-order chi connectivity index (χ1) is 10.1. The number of carbonyl (C=O) groups excluding carboxylic acids is 1. The number of ketones is 1. The first kappa shape index (κ1) is 14.1. The lowest BCUT2D eigenvalue weighted by molar-refractivity contribution is -0.117. The summed E-state index contributed by atoms with van der Waals surface area (Å²) in [4.78, 5) is 12.3. The lowest BCUT2D eigenvalue weighted by atomic mass is 9.98. The molecule has 3 rings (SSSR count). The van der Waals surface area contributed by atoms with Gasteiger partial charge in [-0.15, -0.1) is 0 Å². The van der Waals surface area contributed by atoms with Crippen molar-refractivity contribution in [3.05, 3.63) is 69.8 Å². The van der Waals surface area contributed by atoms with Crippen LogP contribution in [0.15, 0.2) is 36.4 Å². The second-order valence-corrected chi connectivity index (χ2v) is 6.34. The molecule has 1 aliphatic rings. The lowest BCUT2D eigenvalue weighted by Crippen LogP contribution is -2.07. The van der Waals surface area contributed by atoms with Crippen LogP contribution in [0.1, 0.15) is 39.8 Å². The molecule has 108 valence electrons. The highest BCUT2D eigenvalue weighted by molar-refractivity contribution is 5.83. The van der Waals surface area contributed by atoms with E-state index in [9.17, 15) is 4.79 Å². The van der Waals surface area contributed by atoms with Gasteiger partial charge in [-0.1, -0.05) is 47.5 Å². The monoisotopic (exact) mass is 278 g/mol. The van der Waals surface area contributed by atoms with Gasteiger partial charge in [0.2, 0.25) is 0 Å². The predicted molar refractivity (Wildman–Crippen MR) is 86.8 cm³/mol. The minimum absolute atomic E-state index is 0.304. The first-order valence-electron chi connectivity index (χ1n) is 7.80. The molecule has 0 saturated carbocycles. The maximum atomic E-state index is 12.3. The molecule has 0 heterocycles. The van der Waals surface area contributed by atoms with Gasteiger partial charge in [0.1, 0.15) is 5.78 Å². The number of hydrogen-bond donors (Lipinski definition) is 0. The van der Waals surface area contributed by atoms with Crippen LogP contribution in [-0.2, 0) is 30.5 Å². The Morgan fingerprint density at radius 1 is 0.857 bits per heavy atom. The van der Waals surface area contributed by atoms with Crippen LogP contribution in [0.3, 0.4) is 0 Å². The Morgan fingerprint density at radius 3 is 2.29 bits per heavy atom. The third kappa shape index (κ3) is 3.41. The Morgan fingerprint density at radius 2 is 1.52 bits per heavy atom. The van der Waals surface area contributed by atoms with Crippen molar-refractivity contribution in [2.75, 3.05) is 0 Å². The van der Waals surface area contributed by atoms with Crippen LogP contribution < -0.4 is 0 Å². The highest BCUT2D eigenvalue weighted by Gasteiger charge is 2.12. The third-order valence-electron chi connectivity index (χ3n) is 4.25. The van der Waals surface area contributed by atoms with Crippen molar-refractivity contribution in [1.29, 1.82) is 0 Å². The third-order valence-corrected chi connectivity index (χ3v) is 4.25. The fraction of sp³-hybridized carbons (Fsp3) is 0.350. The van der Waals surface area contributed by atoms with E-state index in [1.807, 2.05) is 0 Å². The highest BCUT2D eigenvalue weighted by atomic mass is 16.1. The largest absolute Gasteiger partial charge is 0.299 e. The molecule has 2 aromatic carbocycles. The van der Waals surface area contributed by atoms with Gasteiger partial charge in [-0.25, -0.2) is 0 Å². The van der Waals surface area contributed by atoms with E-state index in [-0.39, 0.29) is 0 Å². The van der Waals surface area contributed by atoms with Gasteiger partial charge >= 0.3 is 0 Å². The van der Waals surface area contributed by atoms with Crippen LogP contribution in [0, 0.1) is 13.8 Å². The van der Waals surface area contributed by atoms with Crippen LogP contribution in [0.5, 0.6) is 0 Å². The van der Waals surface area contributed by atoms with Crippen LogP contribution in [0.25, 0.3) is 0 Å². The average molecular weight is 278 g/mol. The summed E-state index contributed by atoms with van der Waals surface area (Å²) in [5.41, 5.74) is 7.70. The molecule has 1 heteroatoms. The molecule has 0 unspecified atom stereocenters. The maximum absolute atomic E-state index is 12.3. The molecule has 0 amide bonds. The van der Waals surface area contributed by atoms with Crippen LogP contribution in [-0.4, -0.2) is 5.78 Å². The van der Waals surface area contributed by atoms with Gasteiger partial charge in [0.15, 0.2) is 0 Å². The minimum atomic E-state index is 0.304. The second-order valence-electron chi connectivity index (χ2n) is 6.34. The van der Waals surface area contributed by atoms with Crippen molar-refractivity contribution in [1.82, 2.24) is 0 Å². The molecule has 0 aromatic heterocycles. The molecule has 0 spiro atoms. The molecule has 0 fully saturated rings. The number of aryl methyl sites for hydroxylation is 4. The van der Waals surface area contributed by atoms with E-state index in [0.717, 1.165) is 5.56 Å². The standard InChI is InChI=1S/C20H22O/c1-14-8-15(2)10-17(9-14)13-20(21)12-16-6-7-18-4-3-5-19(18)11-16/h6-11H,3-5,12-13H2,1-2H3. The summed E-state index contributed by atoms with van der Waals surface area (Å²) in [6.45, 7) is 4.17. The van der Waals surface area contributed by atoms with E-state index in [4.69, 9.17) is 0 Å². The molecular formula is C20H22O. The summed E-state index contributed by atoms with van der Waals surface area (Å²) in [5.74, 6) is 0.304. The number of hydrogen-bond acceptors (Lipinski definition) is 1. The van der Waals surface area contributed by atoms with E-state index in [1.165, 1.54) is 47.1 Å². The van der Waals surface area contributed by atoms with Crippen molar-refractivity contribution < 1.29 is 4.79 Å². The predicted octanol–water partition coefficient (Wildman–Crippen LogP) is 4.15. The van der Waals surface area contributed by atoms with Crippen molar-refractivity contribution in [3.63, 3.8) is 0 Å². The number of fused-ring (bicyclic) bond motifs is 1. The summed E-state index contributed by atoms with van der Waals surface area (Å²) in [6, 6.07) is 13.0. The van der Waals surface area contributed by atoms with Gasteiger partial charge in [-0.2, -0.15) is 0 Å². The summed E-state index contributed by atoms with van der Waals surface area (Å²) in [5, 5.41) is 0. The quantitative estimate of drug-likeness (QED) is 0.821. The smallest absolute Gasteiger partial charge is 0.141 e. The zero-order valence-electron chi connectivity index (χ0n) is 12.9. The van der Waals surface area contributed by atoms with Gasteiger partial charge in [0.25, 0.3) is 0 Å². The average Bonchev–Trinajstić information content (AvgIpc) is 2.84. The molecule has 0 bridgehead atoms. The first-order valence-corrected chi connectivity index (χ1v) is 7.80. The summed E-state index contributed by atoms with van der Waals surface area (Å²) < 4.78 is 0. The SMILES string of the molecule is Cc1cc(C)cc(CC(=O)Cc2ccc3c(c2)CCC3)c1. The maximum Gasteiger partial charge on any atom is 0.141 e. The summed E-state index contributed by atoms with van der Waals surface area (Å²) in [7, 11) is 0. The Bertz CT molecular complexity index is 662. The zero-order valence-corrected chi connectivity index (χ0v) is 12.9. The van der Waals surface area contributed by atoms with E-state index < -0.39 is 0 Å². The van der Waals surface area contributed by atoms with Crippen LogP contribution in [0.2, 0.25) is 0 Å². The van der Waals surface area contributed by atoms with Crippen LogP contribution in [0.4, 0.5) is 0 Å². The van der Waals surface area contributed by atoms with E-state index in [2.05, 4.69) is 50.2 Å². The van der Waals surface area contributed by atoms with Gasteiger partial charge in [0, 0.05) is 12.8 Å². The molecule has 0 atom stereocenters. The van der Waals surface area contributed by atoms with Crippen molar-refractivity contribution in [3.8, 4) is 0 Å². The summed E-state index contributed by atoms with van der Waals surface area (Å²) in [6.07, 6.45) is 4.73. The number of benzene rings is 2. The van der Waals surface area contributed by atoms with Gasteiger partial charge in [-0.3, -0.25) is 4.79 Å². The Kier molecular flexibility index (Phi) is 3.92. The Balaban J connectivity index is 1.69. The van der Waals surface area contributed by atoms with E-state index in [0.29, 0.717) is 18.6 Å². The topological polar surface area (TPSA) is 17.1 Å². The number of carbonyl (C=O) groups is 1. The fourth-order valence-electron chi connectivity index (χ4n) is 3.42. The minimum Gasteiger partial charge on any atom is -0.299 e. The molecule has 0 aliphatic heterocycles. The van der Waals surface area contributed by atoms with Crippen molar-refractivity contribution in [2.45, 2.75) is 46.0 Å².